The molecule has 0 unspecified atom stereocenters. The van der Waals surface area contributed by atoms with Gasteiger partial charge in [0.15, 0.2) is 5.75 Å². The molecule has 0 saturated heterocycles. The summed E-state index contributed by atoms with van der Waals surface area (Å²) >= 11 is 0. The molecule has 2 aromatic carbocycles. The SMILES string of the molecule is COc1ccc(OCc2nn(-c3ccccc3)c3c2CCC3)c([N+](=O)[O-])c1. The summed E-state index contributed by atoms with van der Waals surface area (Å²) in [5, 5.41) is 16.1. The van der Waals surface area contributed by atoms with E-state index < -0.39 is 4.92 Å². The third kappa shape index (κ3) is 3.23. The van der Waals surface area contributed by atoms with Gasteiger partial charge in [0.1, 0.15) is 18.1 Å². The molecule has 0 fully saturated rings. The molecule has 0 saturated carbocycles. The van der Waals surface area contributed by atoms with Crippen molar-refractivity contribution in [1.29, 1.82) is 0 Å². The van der Waals surface area contributed by atoms with Gasteiger partial charge in [-0.25, -0.2) is 4.68 Å². The highest BCUT2D eigenvalue weighted by Gasteiger charge is 2.24. The van der Waals surface area contributed by atoms with Crippen molar-refractivity contribution in [3.05, 3.63) is 75.6 Å². The zero-order valence-corrected chi connectivity index (χ0v) is 14.9. The minimum atomic E-state index is -0.467. The Morgan fingerprint density at radius 2 is 2.00 bits per heavy atom. The standard InChI is InChI=1S/C20H19N3O4/c1-26-15-10-11-20(19(12-15)23(24)25)27-13-17-16-8-5-9-18(16)22(21-17)14-6-3-2-4-7-14/h2-4,6-7,10-12H,5,8-9,13H2,1H3. The molecule has 1 aromatic heterocycles. The Labute approximate surface area is 156 Å². The van der Waals surface area contributed by atoms with Crippen LogP contribution < -0.4 is 9.47 Å². The number of nitro groups is 1. The van der Waals surface area contributed by atoms with Crippen LogP contribution in [0.2, 0.25) is 0 Å². The van der Waals surface area contributed by atoms with Gasteiger partial charge in [-0.2, -0.15) is 5.10 Å². The third-order valence-corrected chi connectivity index (χ3v) is 4.74. The molecule has 0 amide bonds. The summed E-state index contributed by atoms with van der Waals surface area (Å²) in [6.45, 7) is 0.190. The molecule has 0 radical (unpaired) electrons. The first-order chi connectivity index (χ1) is 13.2. The minimum Gasteiger partial charge on any atom is -0.496 e. The normalized spacial score (nSPS) is 12.6. The van der Waals surface area contributed by atoms with Crippen molar-refractivity contribution < 1.29 is 14.4 Å². The number of hydrogen-bond donors (Lipinski definition) is 0. The lowest BCUT2D eigenvalue weighted by molar-refractivity contribution is -0.386. The Kier molecular flexibility index (Phi) is 4.50. The van der Waals surface area contributed by atoms with E-state index in [4.69, 9.17) is 14.6 Å². The van der Waals surface area contributed by atoms with Crippen molar-refractivity contribution in [3.63, 3.8) is 0 Å². The van der Waals surface area contributed by atoms with Crippen LogP contribution in [-0.4, -0.2) is 21.8 Å². The van der Waals surface area contributed by atoms with Gasteiger partial charge in [0.05, 0.1) is 23.8 Å². The largest absolute Gasteiger partial charge is 0.496 e. The second kappa shape index (κ2) is 7.11. The Morgan fingerprint density at radius 1 is 1.19 bits per heavy atom. The molecule has 138 valence electrons. The molecule has 1 heterocycles. The van der Waals surface area contributed by atoms with Crippen LogP contribution in [0, 0.1) is 10.1 Å². The average molecular weight is 365 g/mol. The summed E-state index contributed by atoms with van der Waals surface area (Å²) < 4.78 is 12.8. The van der Waals surface area contributed by atoms with Gasteiger partial charge in [0, 0.05) is 11.3 Å². The minimum absolute atomic E-state index is 0.117. The maximum Gasteiger partial charge on any atom is 0.314 e. The number of methoxy groups -OCH3 is 1. The summed E-state index contributed by atoms with van der Waals surface area (Å²) in [4.78, 5) is 10.9. The van der Waals surface area contributed by atoms with E-state index in [2.05, 4.69) is 0 Å². The van der Waals surface area contributed by atoms with Crippen LogP contribution in [0.25, 0.3) is 5.69 Å². The quantitative estimate of drug-likeness (QED) is 0.489. The highest BCUT2D eigenvalue weighted by Crippen LogP contribution is 2.33. The predicted octanol–water partition coefficient (Wildman–Crippen LogP) is 3.86. The predicted molar refractivity (Wildman–Crippen MR) is 99.6 cm³/mol. The van der Waals surface area contributed by atoms with E-state index in [1.54, 1.807) is 12.1 Å². The van der Waals surface area contributed by atoms with E-state index in [1.165, 1.54) is 24.4 Å². The Hall–Kier alpha value is -3.35. The van der Waals surface area contributed by atoms with E-state index in [-0.39, 0.29) is 18.0 Å². The number of fused-ring (bicyclic) bond motifs is 1. The molecule has 0 bridgehead atoms. The molecule has 1 aliphatic carbocycles. The second-order valence-electron chi connectivity index (χ2n) is 6.35. The summed E-state index contributed by atoms with van der Waals surface area (Å²) in [6.07, 6.45) is 3.00. The van der Waals surface area contributed by atoms with Gasteiger partial charge in [0.25, 0.3) is 0 Å². The topological polar surface area (TPSA) is 79.4 Å². The van der Waals surface area contributed by atoms with Crippen LogP contribution in [0.4, 0.5) is 5.69 Å². The van der Waals surface area contributed by atoms with E-state index in [0.717, 1.165) is 30.6 Å². The number of hydrogen-bond acceptors (Lipinski definition) is 5. The highest BCUT2D eigenvalue weighted by molar-refractivity contribution is 5.51. The fourth-order valence-corrected chi connectivity index (χ4v) is 3.45. The molecular weight excluding hydrogens is 346 g/mol. The first-order valence-electron chi connectivity index (χ1n) is 8.77. The van der Waals surface area contributed by atoms with Crippen LogP contribution >= 0.6 is 0 Å². The molecule has 27 heavy (non-hydrogen) atoms. The number of benzene rings is 2. The van der Waals surface area contributed by atoms with Gasteiger partial charge < -0.3 is 9.47 Å². The zero-order chi connectivity index (χ0) is 18.8. The van der Waals surface area contributed by atoms with Crippen LogP contribution in [0.5, 0.6) is 11.5 Å². The monoisotopic (exact) mass is 365 g/mol. The molecule has 4 rings (SSSR count). The number of ether oxygens (including phenoxy) is 2. The van der Waals surface area contributed by atoms with Gasteiger partial charge in [0.2, 0.25) is 0 Å². The fraction of sp³-hybridized carbons (Fsp3) is 0.250. The number of aromatic nitrogens is 2. The molecular formula is C20H19N3O4. The molecule has 0 aliphatic heterocycles. The van der Waals surface area contributed by atoms with Crippen molar-refractivity contribution in [2.24, 2.45) is 0 Å². The molecule has 0 spiro atoms. The first-order valence-corrected chi connectivity index (χ1v) is 8.77. The van der Waals surface area contributed by atoms with Gasteiger partial charge in [-0.05, 0) is 43.5 Å². The van der Waals surface area contributed by atoms with Gasteiger partial charge in [-0.1, -0.05) is 18.2 Å². The maximum atomic E-state index is 11.3. The van der Waals surface area contributed by atoms with Crippen LogP contribution in [-0.2, 0) is 19.4 Å². The fourth-order valence-electron chi connectivity index (χ4n) is 3.45. The molecule has 7 heteroatoms. The summed E-state index contributed by atoms with van der Waals surface area (Å²) in [5.41, 5.74) is 4.11. The summed E-state index contributed by atoms with van der Waals surface area (Å²) in [7, 11) is 1.47. The van der Waals surface area contributed by atoms with Crippen LogP contribution in [0.1, 0.15) is 23.4 Å². The summed E-state index contributed by atoms with van der Waals surface area (Å²) in [6, 6.07) is 14.5. The van der Waals surface area contributed by atoms with Crippen LogP contribution in [0.3, 0.4) is 0 Å². The van der Waals surface area contributed by atoms with E-state index in [1.807, 2.05) is 35.0 Å². The first kappa shape index (κ1) is 17.1. The number of nitro benzene ring substituents is 1. The van der Waals surface area contributed by atoms with Crippen molar-refractivity contribution in [2.45, 2.75) is 25.9 Å². The number of rotatable bonds is 6. The Morgan fingerprint density at radius 3 is 2.74 bits per heavy atom. The second-order valence-corrected chi connectivity index (χ2v) is 6.35. The Bertz CT molecular complexity index is 982. The highest BCUT2D eigenvalue weighted by atomic mass is 16.6. The summed E-state index contributed by atoms with van der Waals surface area (Å²) in [5.74, 6) is 0.630. The Balaban J connectivity index is 1.62. The molecule has 3 aromatic rings. The zero-order valence-electron chi connectivity index (χ0n) is 14.9. The van der Waals surface area contributed by atoms with Gasteiger partial charge in [-0.3, -0.25) is 10.1 Å². The number of para-hydroxylation sites is 1. The van der Waals surface area contributed by atoms with Crippen molar-refractivity contribution in [2.75, 3.05) is 7.11 Å². The lowest BCUT2D eigenvalue weighted by atomic mass is 10.2. The molecule has 0 atom stereocenters. The van der Waals surface area contributed by atoms with Crippen molar-refractivity contribution in [1.82, 2.24) is 9.78 Å². The van der Waals surface area contributed by atoms with Gasteiger partial charge in [-0.15, -0.1) is 0 Å². The molecule has 1 aliphatic rings. The van der Waals surface area contributed by atoms with E-state index in [0.29, 0.717) is 5.75 Å². The number of nitrogens with zero attached hydrogens (tertiary/aromatic N) is 3. The molecule has 7 nitrogen and oxygen atoms in total. The van der Waals surface area contributed by atoms with E-state index in [9.17, 15) is 10.1 Å². The van der Waals surface area contributed by atoms with Crippen molar-refractivity contribution in [3.8, 4) is 17.2 Å². The molecule has 0 N–H and O–H groups in total. The maximum absolute atomic E-state index is 11.3. The van der Waals surface area contributed by atoms with Crippen molar-refractivity contribution >= 4 is 5.69 Å². The lowest BCUT2D eigenvalue weighted by Crippen LogP contribution is -2.04. The average Bonchev–Trinajstić information content (AvgIpc) is 3.30. The van der Waals surface area contributed by atoms with Gasteiger partial charge >= 0.3 is 5.69 Å². The van der Waals surface area contributed by atoms with E-state index >= 15 is 0 Å². The smallest absolute Gasteiger partial charge is 0.314 e. The van der Waals surface area contributed by atoms with Crippen LogP contribution in [0.15, 0.2) is 48.5 Å². The lowest BCUT2D eigenvalue weighted by Gasteiger charge is -2.08. The third-order valence-electron chi connectivity index (χ3n) is 4.74.